The molecule has 0 saturated carbocycles. The molecule has 0 radical (unpaired) electrons. The topological polar surface area (TPSA) is 21.3 Å². The van der Waals surface area contributed by atoms with Gasteiger partial charge in [-0.15, -0.1) is 0 Å². The predicted molar refractivity (Wildman–Crippen MR) is 75.8 cm³/mol. The van der Waals surface area contributed by atoms with E-state index >= 15 is 0 Å². The highest BCUT2D eigenvalue weighted by Crippen LogP contribution is 2.19. The Balaban J connectivity index is 1.97. The van der Waals surface area contributed by atoms with Gasteiger partial charge in [0.1, 0.15) is 5.82 Å². The molecule has 2 atom stereocenters. The summed E-state index contributed by atoms with van der Waals surface area (Å²) in [6, 6.07) is 7.16. The number of benzene rings is 1. The Morgan fingerprint density at radius 2 is 2.11 bits per heavy atom. The van der Waals surface area contributed by atoms with Gasteiger partial charge in [0.2, 0.25) is 0 Å². The lowest BCUT2D eigenvalue weighted by Crippen LogP contribution is -2.44. The maximum atomic E-state index is 12.9. The number of rotatable bonds is 6. The SMILES string of the molecule is CCCNC(Cc1ccc(F)cc1)C1CCCCO1. The van der Waals surface area contributed by atoms with Crippen LogP contribution in [0.5, 0.6) is 0 Å². The van der Waals surface area contributed by atoms with Crippen LogP contribution in [0.3, 0.4) is 0 Å². The lowest BCUT2D eigenvalue weighted by atomic mass is 9.96. The third-order valence-corrected chi connectivity index (χ3v) is 3.69. The Labute approximate surface area is 115 Å². The summed E-state index contributed by atoms with van der Waals surface area (Å²) in [6.07, 6.45) is 5.87. The van der Waals surface area contributed by atoms with Gasteiger partial charge in [0.25, 0.3) is 0 Å². The number of ether oxygens (including phenoxy) is 1. The first-order valence-electron chi connectivity index (χ1n) is 7.39. The van der Waals surface area contributed by atoms with E-state index in [-0.39, 0.29) is 5.82 Å². The molecular formula is C16H24FNO. The Morgan fingerprint density at radius 3 is 2.74 bits per heavy atom. The molecule has 1 N–H and O–H groups in total. The number of halogens is 1. The van der Waals surface area contributed by atoms with E-state index in [1.807, 2.05) is 12.1 Å². The van der Waals surface area contributed by atoms with E-state index in [1.165, 1.54) is 30.5 Å². The van der Waals surface area contributed by atoms with Gasteiger partial charge in [-0.3, -0.25) is 0 Å². The summed E-state index contributed by atoms with van der Waals surface area (Å²) >= 11 is 0. The quantitative estimate of drug-likeness (QED) is 0.852. The second-order valence-corrected chi connectivity index (χ2v) is 5.30. The second kappa shape index (κ2) is 7.61. The van der Waals surface area contributed by atoms with Crippen LogP contribution < -0.4 is 5.32 Å². The van der Waals surface area contributed by atoms with E-state index in [2.05, 4.69) is 12.2 Å². The van der Waals surface area contributed by atoms with Gasteiger partial charge in [-0.1, -0.05) is 19.1 Å². The van der Waals surface area contributed by atoms with E-state index in [4.69, 9.17) is 4.74 Å². The van der Waals surface area contributed by atoms with Crippen LogP contribution in [0.25, 0.3) is 0 Å². The number of hydrogen-bond donors (Lipinski definition) is 1. The van der Waals surface area contributed by atoms with Gasteiger partial charge in [0.15, 0.2) is 0 Å². The zero-order chi connectivity index (χ0) is 13.5. The van der Waals surface area contributed by atoms with E-state index in [1.54, 1.807) is 0 Å². The fourth-order valence-electron chi connectivity index (χ4n) is 2.62. The minimum Gasteiger partial charge on any atom is -0.377 e. The Bertz CT molecular complexity index is 360. The Hall–Kier alpha value is -0.930. The van der Waals surface area contributed by atoms with Crippen molar-refractivity contribution in [3.8, 4) is 0 Å². The van der Waals surface area contributed by atoms with Crippen LogP contribution in [-0.2, 0) is 11.2 Å². The average molecular weight is 265 g/mol. The molecule has 0 aromatic heterocycles. The molecule has 1 aliphatic rings. The molecule has 3 heteroatoms. The zero-order valence-corrected chi connectivity index (χ0v) is 11.7. The highest BCUT2D eigenvalue weighted by molar-refractivity contribution is 5.17. The molecule has 0 spiro atoms. The first kappa shape index (κ1) is 14.5. The van der Waals surface area contributed by atoms with Crippen molar-refractivity contribution in [2.75, 3.05) is 13.2 Å². The third-order valence-electron chi connectivity index (χ3n) is 3.69. The van der Waals surface area contributed by atoms with Crippen molar-refractivity contribution < 1.29 is 9.13 Å². The number of hydrogen-bond acceptors (Lipinski definition) is 2. The first-order chi connectivity index (χ1) is 9.29. The molecule has 106 valence electrons. The van der Waals surface area contributed by atoms with Gasteiger partial charge < -0.3 is 10.1 Å². The van der Waals surface area contributed by atoms with Crippen LogP contribution in [0, 0.1) is 5.82 Å². The second-order valence-electron chi connectivity index (χ2n) is 5.30. The molecule has 19 heavy (non-hydrogen) atoms. The van der Waals surface area contributed by atoms with Crippen LogP contribution in [-0.4, -0.2) is 25.3 Å². The molecule has 1 aromatic carbocycles. The molecule has 1 aromatic rings. The summed E-state index contributed by atoms with van der Waals surface area (Å²) in [7, 11) is 0. The minimum atomic E-state index is -0.171. The monoisotopic (exact) mass is 265 g/mol. The maximum absolute atomic E-state index is 12.9. The van der Waals surface area contributed by atoms with Gasteiger partial charge in [-0.2, -0.15) is 0 Å². The molecular weight excluding hydrogens is 241 g/mol. The van der Waals surface area contributed by atoms with Gasteiger partial charge in [-0.25, -0.2) is 4.39 Å². The van der Waals surface area contributed by atoms with Crippen molar-refractivity contribution in [1.29, 1.82) is 0 Å². The minimum absolute atomic E-state index is 0.171. The van der Waals surface area contributed by atoms with Crippen molar-refractivity contribution in [2.45, 2.75) is 51.2 Å². The normalized spacial score (nSPS) is 21.3. The molecule has 1 saturated heterocycles. The van der Waals surface area contributed by atoms with E-state index in [9.17, 15) is 4.39 Å². The summed E-state index contributed by atoms with van der Waals surface area (Å²) in [5.74, 6) is -0.171. The molecule has 0 bridgehead atoms. The number of nitrogens with one attached hydrogen (secondary N) is 1. The molecule has 2 rings (SSSR count). The van der Waals surface area contributed by atoms with Crippen LogP contribution in [0.2, 0.25) is 0 Å². The molecule has 2 nitrogen and oxygen atoms in total. The maximum Gasteiger partial charge on any atom is 0.123 e. The molecule has 1 heterocycles. The molecule has 2 unspecified atom stereocenters. The first-order valence-corrected chi connectivity index (χ1v) is 7.39. The van der Waals surface area contributed by atoms with Crippen LogP contribution in [0.15, 0.2) is 24.3 Å². The Morgan fingerprint density at radius 1 is 1.32 bits per heavy atom. The summed E-state index contributed by atoms with van der Waals surface area (Å²) < 4.78 is 18.8. The average Bonchev–Trinajstić information content (AvgIpc) is 2.46. The summed E-state index contributed by atoms with van der Waals surface area (Å²) in [5, 5.41) is 3.58. The van der Waals surface area contributed by atoms with Crippen molar-refractivity contribution in [3.05, 3.63) is 35.6 Å². The lowest BCUT2D eigenvalue weighted by molar-refractivity contribution is -0.00737. The summed E-state index contributed by atoms with van der Waals surface area (Å²) in [6.45, 7) is 4.05. The highest BCUT2D eigenvalue weighted by Gasteiger charge is 2.24. The van der Waals surface area contributed by atoms with Crippen molar-refractivity contribution in [2.24, 2.45) is 0 Å². The molecule has 0 aliphatic carbocycles. The fourth-order valence-corrected chi connectivity index (χ4v) is 2.62. The predicted octanol–water partition coefficient (Wildman–Crippen LogP) is 3.31. The van der Waals surface area contributed by atoms with Crippen LogP contribution >= 0.6 is 0 Å². The van der Waals surface area contributed by atoms with Gasteiger partial charge in [-0.05, 0) is 56.3 Å². The van der Waals surface area contributed by atoms with Crippen molar-refractivity contribution in [1.82, 2.24) is 5.32 Å². The standard InChI is InChI=1S/C16H24FNO/c1-2-10-18-15(16-5-3-4-11-19-16)12-13-6-8-14(17)9-7-13/h6-9,15-16,18H,2-5,10-12H2,1H3. The Kier molecular flexibility index (Phi) is 5.80. The molecule has 1 fully saturated rings. The third kappa shape index (κ3) is 4.59. The summed E-state index contributed by atoms with van der Waals surface area (Å²) in [4.78, 5) is 0. The van der Waals surface area contributed by atoms with Crippen molar-refractivity contribution in [3.63, 3.8) is 0 Å². The van der Waals surface area contributed by atoms with Crippen LogP contribution in [0.1, 0.15) is 38.2 Å². The van der Waals surface area contributed by atoms with Gasteiger partial charge in [0, 0.05) is 12.6 Å². The van der Waals surface area contributed by atoms with Crippen LogP contribution in [0.4, 0.5) is 4.39 Å². The molecule has 0 amide bonds. The van der Waals surface area contributed by atoms with Gasteiger partial charge >= 0.3 is 0 Å². The fraction of sp³-hybridized carbons (Fsp3) is 0.625. The van der Waals surface area contributed by atoms with Gasteiger partial charge in [0.05, 0.1) is 6.10 Å². The van der Waals surface area contributed by atoms with E-state index < -0.39 is 0 Å². The zero-order valence-electron chi connectivity index (χ0n) is 11.7. The highest BCUT2D eigenvalue weighted by atomic mass is 19.1. The summed E-state index contributed by atoms with van der Waals surface area (Å²) in [5.41, 5.74) is 1.17. The van der Waals surface area contributed by atoms with E-state index in [0.29, 0.717) is 12.1 Å². The van der Waals surface area contributed by atoms with E-state index in [0.717, 1.165) is 32.4 Å². The lowest BCUT2D eigenvalue weighted by Gasteiger charge is -2.31. The largest absolute Gasteiger partial charge is 0.377 e. The smallest absolute Gasteiger partial charge is 0.123 e. The molecule has 1 aliphatic heterocycles. The van der Waals surface area contributed by atoms with Crippen molar-refractivity contribution >= 4 is 0 Å².